The maximum Gasteiger partial charge on any atom is 0.246 e. The molecule has 0 bridgehead atoms. The van der Waals surface area contributed by atoms with Gasteiger partial charge in [-0.05, 0) is 44.9 Å². The minimum absolute atomic E-state index is 0.0520. The van der Waals surface area contributed by atoms with Crippen LogP contribution < -0.4 is 5.32 Å². The summed E-state index contributed by atoms with van der Waals surface area (Å²) in [6.45, 7) is 7.26. The summed E-state index contributed by atoms with van der Waals surface area (Å²) in [4.78, 5) is 12.0. The summed E-state index contributed by atoms with van der Waals surface area (Å²) in [5, 5.41) is 20.4. The van der Waals surface area contributed by atoms with Crippen LogP contribution in [0.2, 0.25) is 0 Å². The van der Waals surface area contributed by atoms with Gasteiger partial charge in [-0.25, -0.2) is 4.68 Å². The molecule has 1 amide bonds. The number of carbonyl (C=O) groups is 1. The minimum atomic E-state index is -1.07. The van der Waals surface area contributed by atoms with Gasteiger partial charge >= 0.3 is 0 Å². The highest BCUT2D eigenvalue weighted by Gasteiger charge is 2.20. The van der Waals surface area contributed by atoms with Crippen LogP contribution >= 0.6 is 0 Å². The smallest absolute Gasteiger partial charge is 0.246 e. The maximum absolute atomic E-state index is 12.0. The fourth-order valence-electron chi connectivity index (χ4n) is 1.88. The number of hydrogen-bond acceptors (Lipinski definition) is 4. The van der Waals surface area contributed by atoms with E-state index in [1.165, 1.54) is 4.68 Å². The predicted molar refractivity (Wildman–Crippen MR) is 79.8 cm³/mol. The van der Waals surface area contributed by atoms with E-state index in [1.54, 1.807) is 20.0 Å². The van der Waals surface area contributed by atoms with Crippen molar-refractivity contribution in [3.05, 3.63) is 41.2 Å². The molecule has 0 saturated carbocycles. The van der Waals surface area contributed by atoms with E-state index in [2.05, 4.69) is 15.6 Å². The molecule has 6 heteroatoms. The number of rotatable bonds is 4. The van der Waals surface area contributed by atoms with Gasteiger partial charge in [-0.1, -0.05) is 17.3 Å². The van der Waals surface area contributed by atoms with Crippen molar-refractivity contribution in [3.8, 4) is 0 Å². The van der Waals surface area contributed by atoms with Crippen LogP contribution in [0.5, 0.6) is 0 Å². The number of aliphatic hydroxyl groups is 1. The van der Waals surface area contributed by atoms with Crippen LogP contribution in [0.3, 0.4) is 0 Å². The van der Waals surface area contributed by atoms with Gasteiger partial charge in [0.15, 0.2) is 0 Å². The lowest BCUT2D eigenvalue weighted by atomic mass is 10.1. The van der Waals surface area contributed by atoms with Crippen molar-refractivity contribution in [1.82, 2.24) is 15.0 Å². The number of carbonyl (C=O) groups excluding carboxylic acids is 1. The highest BCUT2D eigenvalue weighted by Crippen LogP contribution is 2.18. The molecule has 2 rings (SSSR count). The van der Waals surface area contributed by atoms with Gasteiger partial charge in [0.1, 0.15) is 17.8 Å². The number of benzene rings is 1. The van der Waals surface area contributed by atoms with Crippen LogP contribution in [-0.2, 0) is 16.9 Å². The van der Waals surface area contributed by atoms with Crippen LogP contribution in [0, 0.1) is 13.8 Å². The number of anilines is 1. The monoisotopic (exact) mass is 288 g/mol. The van der Waals surface area contributed by atoms with Crippen molar-refractivity contribution in [1.29, 1.82) is 0 Å². The molecule has 1 aromatic heterocycles. The van der Waals surface area contributed by atoms with Crippen LogP contribution in [0.1, 0.15) is 30.7 Å². The topological polar surface area (TPSA) is 80.0 Å². The van der Waals surface area contributed by atoms with Crippen LogP contribution in [0.25, 0.3) is 0 Å². The van der Waals surface area contributed by atoms with Gasteiger partial charge in [-0.3, -0.25) is 4.79 Å². The summed E-state index contributed by atoms with van der Waals surface area (Å²) in [5.41, 5.74) is 2.33. The highest BCUT2D eigenvalue weighted by molar-refractivity contribution is 5.91. The Hall–Kier alpha value is -2.21. The Balaban J connectivity index is 2.05. The maximum atomic E-state index is 12.0. The average molecular weight is 288 g/mol. The van der Waals surface area contributed by atoms with E-state index < -0.39 is 5.60 Å². The molecule has 0 aliphatic heterocycles. The molecule has 1 heterocycles. The first kappa shape index (κ1) is 15.2. The molecule has 0 aliphatic carbocycles. The molecule has 0 spiro atoms. The van der Waals surface area contributed by atoms with Crippen molar-refractivity contribution in [3.63, 3.8) is 0 Å². The Kier molecular flexibility index (Phi) is 4.09. The van der Waals surface area contributed by atoms with E-state index in [9.17, 15) is 9.90 Å². The zero-order valence-corrected chi connectivity index (χ0v) is 12.7. The van der Waals surface area contributed by atoms with Gasteiger partial charge in [0, 0.05) is 5.69 Å². The van der Waals surface area contributed by atoms with Gasteiger partial charge in [0.25, 0.3) is 0 Å². The third-order valence-corrected chi connectivity index (χ3v) is 3.35. The predicted octanol–water partition coefficient (Wildman–Crippen LogP) is 1.76. The molecular weight excluding hydrogens is 268 g/mol. The number of hydrogen-bond donors (Lipinski definition) is 2. The zero-order chi connectivity index (χ0) is 15.6. The largest absolute Gasteiger partial charge is 0.384 e. The third kappa shape index (κ3) is 3.66. The average Bonchev–Trinajstić information content (AvgIpc) is 2.83. The Labute approximate surface area is 123 Å². The Bertz CT molecular complexity index is 656. The SMILES string of the molecule is Cc1cccc(NC(=O)Cn2cc(C(C)(C)O)nn2)c1C. The second-order valence-corrected chi connectivity index (χ2v) is 5.66. The number of amides is 1. The molecular formula is C15H20N4O2. The first-order valence-electron chi connectivity index (χ1n) is 6.76. The summed E-state index contributed by atoms with van der Waals surface area (Å²) in [7, 11) is 0. The molecule has 0 fully saturated rings. The van der Waals surface area contributed by atoms with E-state index in [-0.39, 0.29) is 12.5 Å². The molecule has 0 radical (unpaired) electrons. The van der Waals surface area contributed by atoms with Gasteiger partial charge in [-0.15, -0.1) is 5.10 Å². The second-order valence-electron chi connectivity index (χ2n) is 5.66. The normalized spacial score (nSPS) is 11.5. The molecule has 6 nitrogen and oxygen atoms in total. The molecule has 2 N–H and O–H groups in total. The number of nitrogens with one attached hydrogen (secondary N) is 1. The summed E-state index contributed by atoms with van der Waals surface area (Å²) >= 11 is 0. The molecule has 2 aromatic rings. The van der Waals surface area contributed by atoms with E-state index in [1.807, 2.05) is 32.0 Å². The molecule has 112 valence electrons. The molecule has 0 atom stereocenters. The van der Waals surface area contributed by atoms with Gasteiger partial charge < -0.3 is 10.4 Å². The molecule has 0 unspecified atom stereocenters. The standard InChI is InChI=1S/C15H20N4O2/c1-10-6-5-7-12(11(10)2)16-14(20)9-19-8-13(17-18-19)15(3,4)21/h5-8,21H,9H2,1-4H3,(H,16,20). The van der Waals surface area contributed by atoms with Crippen LogP contribution in [0.4, 0.5) is 5.69 Å². The number of nitrogens with zero attached hydrogens (tertiary/aromatic N) is 3. The summed E-state index contributed by atoms with van der Waals surface area (Å²) in [5.74, 6) is -0.184. The Morgan fingerprint density at radius 2 is 2.10 bits per heavy atom. The number of aryl methyl sites for hydroxylation is 1. The minimum Gasteiger partial charge on any atom is -0.384 e. The first-order chi connectivity index (χ1) is 9.77. The summed E-state index contributed by atoms with van der Waals surface area (Å²) < 4.78 is 1.41. The van der Waals surface area contributed by atoms with Gasteiger partial charge in [0.05, 0.1) is 6.20 Å². The quantitative estimate of drug-likeness (QED) is 0.898. The van der Waals surface area contributed by atoms with Crippen LogP contribution in [0.15, 0.2) is 24.4 Å². The van der Waals surface area contributed by atoms with Gasteiger partial charge in [0.2, 0.25) is 5.91 Å². The first-order valence-corrected chi connectivity index (χ1v) is 6.76. The molecule has 0 saturated heterocycles. The van der Waals surface area contributed by atoms with Crippen molar-refractivity contribution >= 4 is 11.6 Å². The van der Waals surface area contributed by atoms with E-state index in [0.29, 0.717) is 5.69 Å². The lowest BCUT2D eigenvalue weighted by Gasteiger charge is -2.12. The number of aromatic nitrogens is 3. The van der Waals surface area contributed by atoms with E-state index >= 15 is 0 Å². The van der Waals surface area contributed by atoms with E-state index in [4.69, 9.17) is 0 Å². The highest BCUT2D eigenvalue weighted by atomic mass is 16.3. The molecule has 1 aromatic carbocycles. The van der Waals surface area contributed by atoms with Crippen molar-refractivity contribution in [2.45, 2.75) is 39.8 Å². The fraction of sp³-hybridized carbons (Fsp3) is 0.400. The Morgan fingerprint density at radius 1 is 1.38 bits per heavy atom. The summed E-state index contributed by atoms with van der Waals surface area (Å²) in [6.07, 6.45) is 1.57. The van der Waals surface area contributed by atoms with E-state index in [0.717, 1.165) is 16.8 Å². The van der Waals surface area contributed by atoms with Crippen molar-refractivity contribution in [2.24, 2.45) is 0 Å². The van der Waals surface area contributed by atoms with Crippen molar-refractivity contribution < 1.29 is 9.90 Å². The second kappa shape index (κ2) is 5.65. The van der Waals surface area contributed by atoms with Crippen LogP contribution in [-0.4, -0.2) is 26.0 Å². The lowest BCUT2D eigenvalue weighted by Crippen LogP contribution is -2.20. The Morgan fingerprint density at radius 3 is 2.71 bits per heavy atom. The lowest BCUT2D eigenvalue weighted by molar-refractivity contribution is -0.116. The summed E-state index contributed by atoms with van der Waals surface area (Å²) in [6, 6.07) is 5.77. The van der Waals surface area contributed by atoms with Crippen molar-refractivity contribution in [2.75, 3.05) is 5.32 Å². The zero-order valence-electron chi connectivity index (χ0n) is 12.7. The third-order valence-electron chi connectivity index (χ3n) is 3.35. The van der Waals surface area contributed by atoms with Gasteiger partial charge in [-0.2, -0.15) is 0 Å². The molecule has 0 aliphatic rings. The molecule has 21 heavy (non-hydrogen) atoms. The fourth-order valence-corrected chi connectivity index (χ4v) is 1.88.